The molecular formula is C22H24Cl2N2O5S. The molecule has 0 aliphatic carbocycles. The Kier molecular flexibility index (Phi) is 7.27. The van der Waals surface area contributed by atoms with E-state index in [9.17, 15) is 13.2 Å². The fraction of sp³-hybridized carbons (Fsp3) is 0.409. The summed E-state index contributed by atoms with van der Waals surface area (Å²) in [5.41, 5.74) is 0.531. The van der Waals surface area contributed by atoms with Crippen molar-refractivity contribution >= 4 is 39.1 Å². The van der Waals surface area contributed by atoms with Crippen LogP contribution in [0, 0.1) is 0 Å². The van der Waals surface area contributed by atoms with E-state index in [1.54, 1.807) is 35.2 Å². The quantitative estimate of drug-likeness (QED) is 0.606. The van der Waals surface area contributed by atoms with Gasteiger partial charge in [0.2, 0.25) is 10.0 Å². The average molecular weight is 499 g/mol. The van der Waals surface area contributed by atoms with Crippen molar-refractivity contribution in [3.8, 4) is 5.75 Å². The first-order valence-electron chi connectivity index (χ1n) is 10.4. The molecule has 0 saturated carbocycles. The molecule has 4 rings (SSSR count). The molecule has 1 amide bonds. The van der Waals surface area contributed by atoms with Crippen LogP contribution >= 0.6 is 23.2 Å². The first-order valence-corrected chi connectivity index (χ1v) is 12.6. The molecule has 1 atom stereocenters. The van der Waals surface area contributed by atoms with Gasteiger partial charge < -0.3 is 14.4 Å². The minimum Gasteiger partial charge on any atom is -0.491 e. The van der Waals surface area contributed by atoms with Crippen LogP contribution in [-0.2, 0) is 14.8 Å². The van der Waals surface area contributed by atoms with Crippen LogP contribution in [0.1, 0.15) is 23.2 Å². The topological polar surface area (TPSA) is 76.2 Å². The molecule has 0 spiro atoms. The molecule has 0 N–H and O–H groups in total. The Morgan fingerprint density at radius 3 is 2.44 bits per heavy atom. The second-order valence-corrected chi connectivity index (χ2v) is 10.5. The number of halogens is 2. The monoisotopic (exact) mass is 498 g/mol. The molecule has 7 nitrogen and oxygen atoms in total. The summed E-state index contributed by atoms with van der Waals surface area (Å²) < 4.78 is 38.5. The highest BCUT2D eigenvalue weighted by Crippen LogP contribution is 2.28. The zero-order chi connectivity index (χ0) is 22.7. The largest absolute Gasteiger partial charge is 0.491 e. The first-order chi connectivity index (χ1) is 15.3. The summed E-state index contributed by atoms with van der Waals surface area (Å²) in [6, 6.07) is 11.3. The Morgan fingerprint density at radius 2 is 1.78 bits per heavy atom. The highest BCUT2D eigenvalue weighted by molar-refractivity contribution is 7.89. The molecule has 2 aromatic carbocycles. The van der Waals surface area contributed by atoms with Gasteiger partial charge in [0, 0.05) is 43.4 Å². The molecule has 2 fully saturated rings. The summed E-state index contributed by atoms with van der Waals surface area (Å²) in [5, 5.41) is 0.416. The van der Waals surface area contributed by atoms with E-state index < -0.39 is 10.0 Å². The van der Waals surface area contributed by atoms with Gasteiger partial charge in [-0.05, 0) is 55.3 Å². The van der Waals surface area contributed by atoms with Gasteiger partial charge in [0.15, 0.2) is 0 Å². The van der Waals surface area contributed by atoms with Crippen molar-refractivity contribution in [3.05, 3.63) is 58.1 Å². The lowest BCUT2D eigenvalue weighted by atomic mass is 10.2. The van der Waals surface area contributed by atoms with Gasteiger partial charge in [-0.2, -0.15) is 4.31 Å². The number of hydrogen-bond donors (Lipinski definition) is 0. The van der Waals surface area contributed by atoms with E-state index in [4.69, 9.17) is 32.7 Å². The first kappa shape index (κ1) is 23.3. The number of piperazine rings is 1. The van der Waals surface area contributed by atoms with Crippen LogP contribution in [0.25, 0.3) is 0 Å². The van der Waals surface area contributed by atoms with Crippen molar-refractivity contribution in [1.82, 2.24) is 9.21 Å². The zero-order valence-corrected chi connectivity index (χ0v) is 19.7. The molecule has 2 saturated heterocycles. The molecule has 2 aromatic rings. The molecule has 32 heavy (non-hydrogen) atoms. The second-order valence-electron chi connectivity index (χ2n) is 7.74. The number of amides is 1. The van der Waals surface area contributed by atoms with Crippen molar-refractivity contribution in [2.45, 2.75) is 23.8 Å². The van der Waals surface area contributed by atoms with E-state index in [0.29, 0.717) is 22.9 Å². The van der Waals surface area contributed by atoms with E-state index in [1.807, 2.05) is 0 Å². The predicted octanol–water partition coefficient (Wildman–Crippen LogP) is 3.70. The van der Waals surface area contributed by atoms with Crippen LogP contribution in [0.3, 0.4) is 0 Å². The maximum atomic E-state index is 13.0. The number of ether oxygens (including phenoxy) is 2. The van der Waals surface area contributed by atoms with Crippen molar-refractivity contribution < 1.29 is 22.7 Å². The van der Waals surface area contributed by atoms with Crippen molar-refractivity contribution in [1.29, 1.82) is 0 Å². The van der Waals surface area contributed by atoms with Crippen LogP contribution in [0.5, 0.6) is 5.75 Å². The summed E-state index contributed by atoms with van der Waals surface area (Å²) in [6.45, 7) is 2.21. The SMILES string of the molecule is O=C(c1ccc(OC[C@@H]2CCCO2)cc1)N1CCN(S(=O)(=O)c2cc(Cl)ccc2Cl)CC1. The molecule has 2 heterocycles. The third-order valence-corrected chi connectivity index (χ3v) is 8.21. The number of carbonyl (C=O) groups excluding carboxylic acids is 1. The van der Waals surface area contributed by atoms with Crippen LogP contribution in [-0.4, -0.2) is 69.0 Å². The van der Waals surface area contributed by atoms with E-state index >= 15 is 0 Å². The molecule has 0 bridgehead atoms. The number of sulfonamides is 1. The predicted molar refractivity (Wildman–Crippen MR) is 122 cm³/mol. The Hall–Kier alpha value is -1.84. The lowest BCUT2D eigenvalue weighted by Gasteiger charge is -2.34. The number of hydrogen-bond acceptors (Lipinski definition) is 5. The van der Waals surface area contributed by atoms with Gasteiger partial charge in [-0.1, -0.05) is 23.2 Å². The van der Waals surface area contributed by atoms with Gasteiger partial charge in [0.25, 0.3) is 5.91 Å². The summed E-state index contributed by atoms with van der Waals surface area (Å²) in [7, 11) is -3.80. The van der Waals surface area contributed by atoms with Crippen molar-refractivity contribution in [3.63, 3.8) is 0 Å². The highest BCUT2D eigenvalue weighted by Gasteiger charge is 2.32. The smallest absolute Gasteiger partial charge is 0.253 e. The molecule has 0 aromatic heterocycles. The van der Waals surface area contributed by atoms with Crippen LogP contribution in [0.4, 0.5) is 0 Å². The molecule has 2 aliphatic heterocycles. The fourth-order valence-electron chi connectivity index (χ4n) is 3.79. The summed E-state index contributed by atoms with van der Waals surface area (Å²) in [5.74, 6) is 0.542. The highest BCUT2D eigenvalue weighted by atomic mass is 35.5. The van der Waals surface area contributed by atoms with Gasteiger partial charge in [-0.25, -0.2) is 8.42 Å². The molecule has 0 radical (unpaired) electrons. The molecule has 2 aliphatic rings. The van der Waals surface area contributed by atoms with Crippen molar-refractivity contribution in [2.24, 2.45) is 0 Å². The third kappa shape index (κ3) is 5.21. The average Bonchev–Trinajstić information content (AvgIpc) is 3.33. The number of rotatable bonds is 6. The second kappa shape index (κ2) is 9.97. The Bertz CT molecular complexity index is 1060. The number of nitrogens with zero attached hydrogens (tertiary/aromatic N) is 2. The zero-order valence-electron chi connectivity index (χ0n) is 17.4. The summed E-state index contributed by atoms with van der Waals surface area (Å²) in [4.78, 5) is 14.5. The van der Waals surface area contributed by atoms with Crippen LogP contribution in [0.2, 0.25) is 10.0 Å². The molecular weight excluding hydrogens is 475 g/mol. The third-order valence-electron chi connectivity index (χ3n) is 5.60. The van der Waals surface area contributed by atoms with E-state index in [1.165, 1.54) is 16.4 Å². The van der Waals surface area contributed by atoms with E-state index in [2.05, 4.69) is 0 Å². The minimum absolute atomic E-state index is 0.0231. The van der Waals surface area contributed by atoms with Gasteiger partial charge in [-0.15, -0.1) is 0 Å². The standard InChI is InChI=1S/C22H24Cl2N2O5S/c23-17-5-8-20(24)21(14-17)32(28,29)26-11-9-25(10-12-26)22(27)16-3-6-18(7-4-16)31-15-19-2-1-13-30-19/h3-8,14,19H,1-2,9-13,15H2/t19-/m0/s1. The van der Waals surface area contributed by atoms with Gasteiger partial charge >= 0.3 is 0 Å². The van der Waals surface area contributed by atoms with Crippen LogP contribution in [0.15, 0.2) is 47.4 Å². The summed E-state index contributed by atoms with van der Waals surface area (Å²) >= 11 is 12.0. The fourth-order valence-corrected chi connectivity index (χ4v) is 5.95. The lowest BCUT2D eigenvalue weighted by molar-refractivity contribution is 0.0676. The van der Waals surface area contributed by atoms with E-state index in [0.717, 1.165) is 19.4 Å². The Morgan fingerprint density at radius 1 is 1.06 bits per heavy atom. The van der Waals surface area contributed by atoms with Gasteiger partial charge in [0.1, 0.15) is 17.3 Å². The van der Waals surface area contributed by atoms with E-state index in [-0.39, 0.29) is 48.1 Å². The minimum atomic E-state index is -3.80. The Labute approximate surface area is 197 Å². The number of benzene rings is 2. The maximum Gasteiger partial charge on any atom is 0.253 e. The molecule has 0 unspecified atom stereocenters. The van der Waals surface area contributed by atoms with Gasteiger partial charge in [-0.3, -0.25) is 4.79 Å². The van der Waals surface area contributed by atoms with Crippen molar-refractivity contribution in [2.75, 3.05) is 39.4 Å². The molecule has 172 valence electrons. The van der Waals surface area contributed by atoms with Crippen LogP contribution < -0.4 is 4.74 Å². The summed E-state index contributed by atoms with van der Waals surface area (Å²) in [6.07, 6.45) is 2.19. The van der Waals surface area contributed by atoms with Gasteiger partial charge in [0.05, 0.1) is 11.1 Å². The molecule has 10 heteroatoms. The lowest BCUT2D eigenvalue weighted by Crippen LogP contribution is -2.50. The maximum absolute atomic E-state index is 13.0. The normalized spacial score (nSPS) is 19.8. The Balaban J connectivity index is 1.34. The number of carbonyl (C=O) groups is 1.